The van der Waals surface area contributed by atoms with E-state index in [9.17, 15) is 5.11 Å². The summed E-state index contributed by atoms with van der Waals surface area (Å²) in [6.45, 7) is 11.9. The zero-order chi connectivity index (χ0) is 14.0. The molecule has 1 saturated heterocycles. The van der Waals surface area contributed by atoms with E-state index in [1.54, 1.807) is 0 Å². The van der Waals surface area contributed by atoms with E-state index in [2.05, 4.69) is 32.7 Å². The van der Waals surface area contributed by atoms with Crippen molar-refractivity contribution in [2.24, 2.45) is 0 Å². The van der Waals surface area contributed by atoms with E-state index in [0.29, 0.717) is 5.75 Å². The summed E-state index contributed by atoms with van der Waals surface area (Å²) in [7, 11) is 0. The van der Waals surface area contributed by atoms with Crippen LogP contribution in [0.25, 0.3) is 0 Å². The molecule has 1 aromatic carbocycles. The number of nitrogens with one attached hydrogen (secondary N) is 1. The molecule has 3 nitrogen and oxygen atoms in total. The maximum Gasteiger partial charge on any atom is 0.121 e. The van der Waals surface area contributed by atoms with Gasteiger partial charge >= 0.3 is 0 Å². The van der Waals surface area contributed by atoms with E-state index in [-0.39, 0.29) is 6.04 Å². The molecule has 4 heteroatoms. The van der Waals surface area contributed by atoms with Gasteiger partial charge in [-0.25, -0.2) is 0 Å². The van der Waals surface area contributed by atoms with Gasteiger partial charge in [-0.15, -0.1) is 6.58 Å². The van der Waals surface area contributed by atoms with Crippen LogP contribution in [-0.2, 0) is 0 Å². The number of phenols is 1. The Bertz CT molecular complexity index is 482. The molecule has 1 aromatic rings. The van der Waals surface area contributed by atoms with Gasteiger partial charge in [-0.05, 0) is 31.0 Å². The molecule has 2 rings (SSSR count). The zero-order valence-electron chi connectivity index (χ0n) is 11.5. The van der Waals surface area contributed by atoms with Crippen molar-refractivity contribution in [3.05, 3.63) is 39.9 Å². The molecule has 1 atom stereocenters. The number of piperazine rings is 1. The van der Waals surface area contributed by atoms with Crippen molar-refractivity contribution in [1.29, 1.82) is 0 Å². The van der Waals surface area contributed by atoms with Crippen LogP contribution in [0.4, 0.5) is 0 Å². The minimum Gasteiger partial charge on any atom is -0.508 e. The van der Waals surface area contributed by atoms with Crippen molar-refractivity contribution in [2.75, 3.05) is 26.2 Å². The normalized spacial score (nSPS) is 18.3. The molecule has 1 fully saturated rings. The highest BCUT2D eigenvalue weighted by molar-refractivity contribution is 9.10. The van der Waals surface area contributed by atoms with Crippen molar-refractivity contribution in [1.82, 2.24) is 10.2 Å². The van der Waals surface area contributed by atoms with Crippen LogP contribution in [0, 0.1) is 13.8 Å². The number of nitrogens with zero attached hydrogens (tertiary/aromatic N) is 1. The van der Waals surface area contributed by atoms with E-state index >= 15 is 0 Å². The maximum absolute atomic E-state index is 10.3. The molecular formula is C15H21BrN2O. The van der Waals surface area contributed by atoms with E-state index in [4.69, 9.17) is 0 Å². The lowest BCUT2D eigenvalue weighted by atomic mass is 9.96. The number of halogens is 1. The van der Waals surface area contributed by atoms with Gasteiger partial charge < -0.3 is 10.4 Å². The highest BCUT2D eigenvalue weighted by Crippen LogP contribution is 2.38. The van der Waals surface area contributed by atoms with Crippen molar-refractivity contribution >= 4 is 15.9 Å². The quantitative estimate of drug-likeness (QED) is 0.839. The average molecular weight is 325 g/mol. The molecular weight excluding hydrogens is 304 g/mol. The van der Waals surface area contributed by atoms with E-state index in [1.807, 2.05) is 26.0 Å². The van der Waals surface area contributed by atoms with Gasteiger partial charge in [0.25, 0.3) is 0 Å². The van der Waals surface area contributed by atoms with Crippen LogP contribution in [0.1, 0.15) is 22.7 Å². The standard InChI is InChI=1S/C15H21BrN2O/c1-4-12(18-7-5-17-6-8-18)14-11(3)15(16)10(2)9-13(14)19/h4,9,12,17,19H,1,5-8H2,2-3H3/t12-/m1/s1. The van der Waals surface area contributed by atoms with Crippen molar-refractivity contribution < 1.29 is 5.11 Å². The van der Waals surface area contributed by atoms with Gasteiger partial charge in [-0.1, -0.05) is 22.0 Å². The summed E-state index contributed by atoms with van der Waals surface area (Å²) < 4.78 is 1.07. The lowest BCUT2D eigenvalue weighted by molar-refractivity contribution is 0.200. The molecule has 0 spiro atoms. The first-order chi connectivity index (χ1) is 9.06. The van der Waals surface area contributed by atoms with Crippen LogP contribution >= 0.6 is 15.9 Å². The molecule has 1 heterocycles. The Kier molecular flexibility index (Phi) is 4.66. The molecule has 0 aromatic heterocycles. The molecule has 0 saturated carbocycles. The maximum atomic E-state index is 10.3. The predicted molar refractivity (Wildman–Crippen MR) is 82.7 cm³/mol. The SMILES string of the molecule is C=C[C@H](c1c(O)cc(C)c(Br)c1C)N1CCNCC1. The minimum atomic E-state index is 0.0685. The van der Waals surface area contributed by atoms with Crippen LogP contribution < -0.4 is 5.32 Å². The van der Waals surface area contributed by atoms with E-state index in [0.717, 1.165) is 47.3 Å². The third-order valence-electron chi connectivity index (χ3n) is 3.77. The molecule has 0 aliphatic carbocycles. The van der Waals surface area contributed by atoms with Crippen molar-refractivity contribution in [3.8, 4) is 5.75 Å². The summed E-state index contributed by atoms with van der Waals surface area (Å²) >= 11 is 3.61. The average Bonchev–Trinajstić information content (AvgIpc) is 2.42. The Morgan fingerprint density at radius 1 is 1.42 bits per heavy atom. The van der Waals surface area contributed by atoms with Crippen LogP contribution in [0.2, 0.25) is 0 Å². The van der Waals surface area contributed by atoms with Crippen LogP contribution in [-0.4, -0.2) is 36.2 Å². The Hall–Kier alpha value is -0.840. The predicted octanol–water partition coefficient (Wildman–Crippen LogP) is 2.90. The topological polar surface area (TPSA) is 35.5 Å². The molecule has 0 unspecified atom stereocenters. The highest BCUT2D eigenvalue weighted by Gasteiger charge is 2.24. The van der Waals surface area contributed by atoms with Crippen molar-refractivity contribution in [2.45, 2.75) is 19.9 Å². The number of hydrogen-bond acceptors (Lipinski definition) is 3. The summed E-state index contributed by atoms with van der Waals surface area (Å²) in [5.41, 5.74) is 3.12. The molecule has 2 N–H and O–H groups in total. The number of aryl methyl sites for hydroxylation is 1. The Morgan fingerprint density at radius 3 is 2.63 bits per heavy atom. The summed E-state index contributed by atoms with van der Waals surface area (Å²) in [6, 6.07) is 1.89. The largest absolute Gasteiger partial charge is 0.508 e. The fourth-order valence-corrected chi connectivity index (χ4v) is 3.06. The van der Waals surface area contributed by atoms with Crippen LogP contribution in [0.5, 0.6) is 5.75 Å². The zero-order valence-corrected chi connectivity index (χ0v) is 13.1. The van der Waals surface area contributed by atoms with Gasteiger partial charge in [-0.2, -0.15) is 0 Å². The molecule has 19 heavy (non-hydrogen) atoms. The fourth-order valence-electron chi connectivity index (χ4n) is 2.74. The second-order valence-electron chi connectivity index (χ2n) is 5.03. The second-order valence-corrected chi connectivity index (χ2v) is 5.82. The number of aromatic hydroxyl groups is 1. The molecule has 0 bridgehead atoms. The van der Waals surface area contributed by atoms with Crippen molar-refractivity contribution in [3.63, 3.8) is 0 Å². The van der Waals surface area contributed by atoms with Gasteiger partial charge in [0.2, 0.25) is 0 Å². The summed E-state index contributed by atoms with van der Waals surface area (Å²) in [5.74, 6) is 0.363. The fraction of sp³-hybridized carbons (Fsp3) is 0.467. The lowest BCUT2D eigenvalue weighted by Gasteiger charge is -2.34. The van der Waals surface area contributed by atoms with Gasteiger partial charge in [0.05, 0.1) is 6.04 Å². The molecule has 1 aliphatic rings. The second kappa shape index (κ2) is 6.07. The first-order valence-corrected chi connectivity index (χ1v) is 7.41. The number of benzene rings is 1. The first kappa shape index (κ1) is 14.6. The lowest BCUT2D eigenvalue weighted by Crippen LogP contribution is -2.44. The summed E-state index contributed by atoms with van der Waals surface area (Å²) in [6.07, 6.45) is 1.93. The molecule has 104 valence electrons. The van der Waals surface area contributed by atoms with Crippen LogP contribution in [0.15, 0.2) is 23.2 Å². The Balaban J connectivity index is 2.43. The van der Waals surface area contributed by atoms with E-state index < -0.39 is 0 Å². The third kappa shape index (κ3) is 2.86. The third-order valence-corrected chi connectivity index (χ3v) is 4.99. The van der Waals surface area contributed by atoms with Crippen LogP contribution in [0.3, 0.4) is 0 Å². The van der Waals surface area contributed by atoms with E-state index in [1.165, 1.54) is 0 Å². The monoisotopic (exact) mass is 324 g/mol. The highest BCUT2D eigenvalue weighted by atomic mass is 79.9. The summed E-state index contributed by atoms with van der Waals surface area (Å²) in [5, 5.41) is 13.7. The number of rotatable bonds is 3. The van der Waals surface area contributed by atoms with Gasteiger partial charge in [-0.3, -0.25) is 4.90 Å². The summed E-state index contributed by atoms with van der Waals surface area (Å²) in [4.78, 5) is 2.35. The first-order valence-electron chi connectivity index (χ1n) is 6.62. The Labute approximate surface area is 123 Å². The minimum absolute atomic E-state index is 0.0685. The van der Waals surface area contributed by atoms with Gasteiger partial charge in [0, 0.05) is 36.2 Å². The number of hydrogen-bond donors (Lipinski definition) is 2. The van der Waals surface area contributed by atoms with Gasteiger partial charge in [0.1, 0.15) is 5.75 Å². The smallest absolute Gasteiger partial charge is 0.121 e. The Morgan fingerprint density at radius 2 is 2.05 bits per heavy atom. The molecule has 0 amide bonds. The number of phenolic OH excluding ortho intramolecular Hbond substituents is 1. The molecule has 0 radical (unpaired) electrons. The molecule has 1 aliphatic heterocycles. The van der Waals surface area contributed by atoms with Gasteiger partial charge in [0.15, 0.2) is 0 Å².